The molecule has 0 aliphatic carbocycles. The molecule has 0 aliphatic heterocycles. The van der Waals surface area contributed by atoms with Gasteiger partial charge in [0, 0.05) is 9.24 Å². The minimum absolute atomic E-state index is 0.922. The Kier molecular flexibility index (Phi) is 5.87. The maximum absolute atomic E-state index is 10.7. The molecule has 1 unspecified atom stereocenters. The molecule has 4 nitrogen and oxygen atoms in total. The molecule has 98 valence electrons. The quantitative estimate of drug-likeness (QED) is 0.439. The second-order valence-electron chi connectivity index (χ2n) is 2.75. The average molecular weight is 290 g/mol. The van der Waals surface area contributed by atoms with E-state index in [0.717, 1.165) is 5.75 Å². The number of methoxy groups -OCH3 is 1. The van der Waals surface area contributed by atoms with Crippen molar-refractivity contribution in [3.05, 3.63) is 24.3 Å². The molecular formula is C8H10F3O4PS. The number of ether oxygens (including phenoxy) is 1. The molecule has 1 aromatic carbocycles. The third-order valence-corrected chi connectivity index (χ3v) is 2.48. The first-order chi connectivity index (χ1) is 7.58. The lowest BCUT2D eigenvalue weighted by molar-refractivity contribution is -0.0517. The second kappa shape index (κ2) is 6.18. The fourth-order valence-corrected chi connectivity index (χ4v) is 0.861. The van der Waals surface area contributed by atoms with Crippen LogP contribution in [0.1, 0.15) is 0 Å². The molecule has 0 heterocycles. The smallest absolute Gasteiger partial charge is 0.485 e. The largest absolute Gasteiger partial charge is 0.741 e. The fourth-order valence-electron chi connectivity index (χ4n) is 0.626. The van der Waals surface area contributed by atoms with E-state index in [-0.39, 0.29) is 0 Å². The summed E-state index contributed by atoms with van der Waals surface area (Å²) in [5.41, 5.74) is -5.65. The molecule has 0 saturated heterocycles. The van der Waals surface area contributed by atoms with Gasteiger partial charge in [-0.15, -0.1) is 0 Å². The summed E-state index contributed by atoms with van der Waals surface area (Å²) in [5.74, 6) is 0.922. The lowest BCUT2D eigenvalue weighted by Crippen LogP contribution is -2.21. The number of hydrogen-bond acceptors (Lipinski definition) is 4. The molecule has 0 fully saturated rings. The molecule has 1 aromatic rings. The van der Waals surface area contributed by atoms with Gasteiger partial charge in [0.2, 0.25) is 0 Å². The number of hydrogen-bond donors (Lipinski definition) is 0. The predicted octanol–water partition coefficient (Wildman–Crippen LogP) is 0.979. The molecule has 0 spiro atoms. The normalized spacial score (nSPS) is 11.6. The Bertz CT molecular complexity index is 441. The summed E-state index contributed by atoms with van der Waals surface area (Å²) in [6, 6.07) is 8.00. The molecule has 0 aliphatic rings. The fraction of sp³-hybridized carbons (Fsp3) is 0.250. The molecule has 17 heavy (non-hydrogen) atoms. The van der Waals surface area contributed by atoms with Gasteiger partial charge >= 0.3 is 5.51 Å². The highest BCUT2D eigenvalue weighted by Crippen LogP contribution is 2.20. The van der Waals surface area contributed by atoms with Crippen molar-refractivity contribution in [3.8, 4) is 5.75 Å². The van der Waals surface area contributed by atoms with Crippen LogP contribution in [0.4, 0.5) is 13.2 Å². The zero-order valence-electron chi connectivity index (χ0n) is 8.69. The molecule has 0 bridgehead atoms. The van der Waals surface area contributed by atoms with Gasteiger partial charge in [-0.2, -0.15) is 13.2 Å². The minimum atomic E-state index is -6.09. The zero-order valence-corrected chi connectivity index (χ0v) is 10.9. The summed E-state index contributed by atoms with van der Waals surface area (Å²) in [6.45, 7) is 0. The van der Waals surface area contributed by atoms with Crippen LogP contribution in [0.2, 0.25) is 0 Å². The summed E-state index contributed by atoms with van der Waals surface area (Å²) < 4.78 is 63.9. The van der Waals surface area contributed by atoms with E-state index < -0.39 is 15.6 Å². The van der Waals surface area contributed by atoms with Crippen LogP contribution in [0.25, 0.3) is 0 Å². The highest BCUT2D eigenvalue weighted by atomic mass is 32.2. The summed E-state index contributed by atoms with van der Waals surface area (Å²) in [7, 11) is -2.55. The lowest BCUT2D eigenvalue weighted by atomic mass is 10.3. The van der Waals surface area contributed by atoms with Gasteiger partial charge in [-0.3, -0.25) is 0 Å². The van der Waals surface area contributed by atoms with Crippen molar-refractivity contribution in [2.75, 3.05) is 7.11 Å². The summed E-state index contributed by atoms with van der Waals surface area (Å²) >= 11 is 0. The van der Waals surface area contributed by atoms with Crippen LogP contribution in [-0.4, -0.2) is 25.6 Å². The van der Waals surface area contributed by atoms with Crippen molar-refractivity contribution in [2.24, 2.45) is 0 Å². The average Bonchev–Trinajstić information content (AvgIpc) is 2.17. The van der Waals surface area contributed by atoms with Crippen LogP contribution in [0, 0.1) is 0 Å². The Morgan fingerprint density at radius 2 is 1.59 bits per heavy atom. The molecule has 0 amide bonds. The third-order valence-electron chi connectivity index (χ3n) is 1.44. The Balaban J connectivity index is 0.000000304. The molecule has 1 atom stereocenters. The standard InChI is InChI=1S/C7H9OP.CHF3O3S/c1-8-6-2-4-7(9)5-3-6;2-1(3,4)8(5,6)7/h2-5H,9H2,1H3;(H,5,6,7). The predicted molar refractivity (Wildman–Crippen MR) is 59.5 cm³/mol. The Hall–Kier alpha value is -0.850. The van der Waals surface area contributed by atoms with Gasteiger partial charge in [0.25, 0.3) is 0 Å². The molecule has 0 saturated carbocycles. The van der Waals surface area contributed by atoms with E-state index in [9.17, 15) is 13.2 Å². The van der Waals surface area contributed by atoms with Gasteiger partial charge in [0.05, 0.1) is 12.4 Å². The van der Waals surface area contributed by atoms with Crippen LogP contribution >= 0.6 is 9.24 Å². The van der Waals surface area contributed by atoms with E-state index in [1.807, 2.05) is 33.5 Å². The van der Waals surface area contributed by atoms with Crippen LogP contribution in [0.3, 0.4) is 0 Å². The number of halogens is 3. The zero-order chi connectivity index (χ0) is 13.7. The van der Waals surface area contributed by atoms with E-state index in [2.05, 4.69) is 0 Å². The first kappa shape index (κ1) is 16.1. The van der Waals surface area contributed by atoms with Gasteiger partial charge in [-0.25, -0.2) is 8.42 Å². The Labute approximate surface area is 98.7 Å². The second-order valence-corrected chi connectivity index (χ2v) is 4.94. The van der Waals surface area contributed by atoms with Crippen LogP contribution in [0.5, 0.6) is 5.75 Å². The maximum Gasteiger partial charge on any atom is 0.485 e. The van der Waals surface area contributed by atoms with Crippen molar-refractivity contribution >= 4 is 24.7 Å². The van der Waals surface area contributed by atoms with E-state index in [0.29, 0.717) is 0 Å². The molecule has 0 aromatic heterocycles. The highest BCUT2D eigenvalue weighted by Gasteiger charge is 2.36. The topological polar surface area (TPSA) is 66.4 Å². The summed E-state index contributed by atoms with van der Waals surface area (Å²) in [4.78, 5) is 0. The van der Waals surface area contributed by atoms with Gasteiger partial charge in [-0.1, -0.05) is 0 Å². The van der Waals surface area contributed by atoms with E-state index >= 15 is 0 Å². The lowest BCUT2D eigenvalue weighted by Gasteiger charge is -2.08. The highest BCUT2D eigenvalue weighted by molar-refractivity contribution is 7.86. The van der Waals surface area contributed by atoms with Crippen molar-refractivity contribution in [2.45, 2.75) is 5.51 Å². The van der Waals surface area contributed by atoms with Crippen molar-refractivity contribution < 1.29 is 30.9 Å². The third kappa shape index (κ3) is 6.45. The van der Waals surface area contributed by atoms with Crippen LogP contribution in [-0.2, 0) is 10.1 Å². The first-order valence-electron chi connectivity index (χ1n) is 4.06. The maximum atomic E-state index is 10.7. The first-order valence-corrected chi connectivity index (χ1v) is 6.17. The monoisotopic (exact) mass is 290 g/mol. The van der Waals surface area contributed by atoms with E-state index in [1.54, 1.807) is 7.11 Å². The summed E-state index contributed by atoms with van der Waals surface area (Å²) in [5, 5.41) is 1.29. The molecule has 9 heteroatoms. The van der Waals surface area contributed by atoms with Gasteiger partial charge in [-0.05, 0) is 24.3 Å². The van der Waals surface area contributed by atoms with Gasteiger partial charge in [0.1, 0.15) is 5.75 Å². The van der Waals surface area contributed by atoms with Crippen molar-refractivity contribution in [3.63, 3.8) is 0 Å². The minimum Gasteiger partial charge on any atom is -0.741 e. The van der Waals surface area contributed by atoms with E-state index in [1.165, 1.54) is 5.30 Å². The summed E-state index contributed by atoms with van der Waals surface area (Å²) in [6.07, 6.45) is 0. The molecular weight excluding hydrogens is 280 g/mol. The Morgan fingerprint density at radius 3 is 1.82 bits per heavy atom. The van der Waals surface area contributed by atoms with Crippen molar-refractivity contribution in [1.82, 2.24) is 0 Å². The SMILES string of the molecule is COc1ccc([PH3+])cc1.O=S(=O)([O-])C(F)(F)F. The van der Waals surface area contributed by atoms with E-state index in [4.69, 9.17) is 17.7 Å². The van der Waals surface area contributed by atoms with Crippen molar-refractivity contribution in [1.29, 1.82) is 0 Å². The molecule has 0 radical (unpaired) electrons. The van der Waals surface area contributed by atoms with Gasteiger partial charge < -0.3 is 9.29 Å². The van der Waals surface area contributed by atoms with Crippen LogP contribution in [0.15, 0.2) is 24.3 Å². The molecule has 0 N–H and O–H groups in total. The number of benzene rings is 1. The van der Waals surface area contributed by atoms with Crippen LogP contribution < -0.4 is 10.0 Å². The Morgan fingerprint density at radius 1 is 1.24 bits per heavy atom. The number of rotatable bonds is 1. The van der Waals surface area contributed by atoms with Gasteiger partial charge in [0.15, 0.2) is 10.1 Å². The molecule has 1 rings (SSSR count). The number of alkyl halides is 3.